The summed E-state index contributed by atoms with van der Waals surface area (Å²) in [6.45, 7) is 1.99. The lowest BCUT2D eigenvalue weighted by Gasteiger charge is -2.23. The number of hydrogen-bond donors (Lipinski definition) is 1. The first-order chi connectivity index (χ1) is 13.6. The van der Waals surface area contributed by atoms with Gasteiger partial charge in [-0.05, 0) is 36.2 Å². The summed E-state index contributed by atoms with van der Waals surface area (Å²) < 4.78 is 0.947. The van der Waals surface area contributed by atoms with Gasteiger partial charge in [-0.3, -0.25) is 10.1 Å². The van der Waals surface area contributed by atoms with Crippen LogP contribution in [0.5, 0.6) is 0 Å². The molecule has 1 aromatic heterocycles. The minimum atomic E-state index is -0.889. The normalized spacial score (nSPS) is 13.4. The molecule has 0 fully saturated rings. The van der Waals surface area contributed by atoms with Crippen molar-refractivity contribution in [2.45, 2.75) is 18.9 Å². The third-order valence-electron chi connectivity index (χ3n) is 5.17. The molecule has 4 rings (SSSR count). The predicted molar refractivity (Wildman–Crippen MR) is 115 cm³/mol. The Bertz CT molecular complexity index is 1120. The van der Waals surface area contributed by atoms with Gasteiger partial charge >= 0.3 is 0 Å². The van der Waals surface area contributed by atoms with Crippen LogP contribution in [0.3, 0.4) is 0 Å². The molecule has 0 amide bonds. The third-order valence-corrected chi connectivity index (χ3v) is 5.70. The number of nitrogens with one attached hydrogen (secondary N) is 1. The largest absolute Gasteiger partial charge is 0.358 e. The molecule has 0 aliphatic rings. The van der Waals surface area contributed by atoms with Crippen LogP contribution in [0.1, 0.15) is 34.3 Å². The number of para-hydroxylation sites is 1. The van der Waals surface area contributed by atoms with E-state index in [9.17, 15) is 10.1 Å². The summed E-state index contributed by atoms with van der Waals surface area (Å²) in [4.78, 5) is 15.5. The molecule has 5 heteroatoms. The van der Waals surface area contributed by atoms with Crippen LogP contribution in [0.4, 0.5) is 0 Å². The van der Waals surface area contributed by atoms with Crippen molar-refractivity contribution >= 4 is 26.8 Å². The van der Waals surface area contributed by atoms with Crippen molar-refractivity contribution in [3.63, 3.8) is 0 Å². The predicted octanol–water partition coefficient (Wildman–Crippen LogP) is 6.39. The Hall–Kier alpha value is -2.92. The number of fused-ring (bicyclic) bond motifs is 1. The number of halogens is 1. The molecule has 0 bridgehead atoms. The molecule has 0 aliphatic heterocycles. The monoisotopic (exact) mass is 434 g/mol. The minimum Gasteiger partial charge on any atom is -0.358 e. The van der Waals surface area contributed by atoms with E-state index in [-0.39, 0.29) is 4.92 Å². The summed E-state index contributed by atoms with van der Waals surface area (Å²) >= 11 is 3.47. The van der Waals surface area contributed by atoms with Crippen molar-refractivity contribution in [2.24, 2.45) is 0 Å². The summed E-state index contributed by atoms with van der Waals surface area (Å²) in [6, 6.07) is 24.2. The highest BCUT2D eigenvalue weighted by molar-refractivity contribution is 9.10. The number of aromatic amines is 1. The molecule has 4 nitrogen and oxygen atoms in total. The molecule has 0 saturated heterocycles. The van der Waals surface area contributed by atoms with Gasteiger partial charge in [0.2, 0.25) is 6.04 Å². The van der Waals surface area contributed by atoms with Crippen LogP contribution < -0.4 is 0 Å². The lowest BCUT2D eigenvalue weighted by Crippen LogP contribution is -2.21. The molecule has 2 atom stereocenters. The van der Waals surface area contributed by atoms with E-state index < -0.39 is 12.0 Å². The molecular formula is C23H19BrN2O2. The summed E-state index contributed by atoms with van der Waals surface area (Å²) in [5.41, 5.74) is 4.54. The molecular weight excluding hydrogens is 416 g/mol. The van der Waals surface area contributed by atoms with Crippen LogP contribution in [-0.2, 0) is 0 Å². The number of benzene rings is 3. The van der Waals surface area contributed by atoms with Crippen LogP contribution in [0, 0.1) is 17.0 Å². The molecule has 140 valence electrons. The third kappa shape index (κ3) is 3.34. The van der Waals surface area contributed by atoms with Crippen LogP contribution in [0.2, 0.25) is 0 Å². The molecule has 0 aliphatic carbocycles. The first-order valence-corrected chi connectivity index (χ1v) is 9.86. The van der Waals surface area contributed by atoms with Crippen molar-refractivity contribution in [1.29, 1.82) is 0 Å². The van der Waals surface area contributed by atoms with E-state index in [0.717, 1.165) is 32.2 Å². The highest BCUT2D eigenvalue weighted by atomic mass is 79.9. The van der Waals surface area contributed by atoms with Gasteiger partial charge in [0.1, 0.15) is 0 Å². The summed E-state index contributed by atoms with van der Waals surface area (Å²) in [6.07, 6.45) is 0. The van der Waals surface area contributed by atoms with Gasteiger partial charge in [-0.2, -0.15) is 0 Å². The van der Waals surface area contributed by atoms with E-state index in [1.54, 1.807) is 0 Å². The van der Waals surface area contributed by atoms with Crippen molar-refractivity contribution < 1.29 is 4.92 Å². The number of rotatable bonds is 5. The van der Waals surface area contributed by atoms with Gasteiger partial charge in [0.25, 0.3) is 0 Å². The second kappa shape index (κ2) is 7.60. The van der Waals surface area contributed by atoms with Gasteiger partial charge in [0.05, 0.1) is 5.92 Å². The fourth-order valence-corrected chi connectivity index (χ4v) is 4.23. The first kappa shape index (κ1) is 18.4. The average molecular weight is 435 g/mol. The van der Waals surface area contributed by atoms with E-state index in [0.29, 0.717) is 5.56 Å². The number of aryl methyl sites for hydroxylation is 1. The Morgan fingerprint density at radius 3 is 2.21 bits per heavy atom. The maximum absolute atomic E-state index is 12.3. The lowest BCUT2D eigenvalue weighted by atomic mass is 9.81. The fraction of sp³-hybridized carbons (Fsp3) is 0.130. The van der Waals surface area contributed by atoms with Crippen molar-refractivity contribution in [3.05, 3.63) is 116 Å². The van der Waals surface area contributed by atoms with E-state index in [4.69, 9.17) is 0 Å². The summed E-state index contributed by atoms with van der Waals surface area (Å²) in [5.74, 6) is -0.415. The van der Waals surface area contributed by atoms with Gasteiger partial charge < -0.3 is 4.98 Å². The Morgan fingerprint density at radius 1 is 0.893 bits per heavy atom. The molecule has 1 heterocycles. The van der Waals surface area contributed by atoms with Gasteiger partial charge in [0.15, 0.2) is 0 Å². The average Bonchev–Trinajstić information content (AvgIpc) is 3.03. The van der Waals surface area contributed by atoms with E-state index in [2.05, 4.69) is 20.9 Å². The summed E-state index contributed by atoms with van der Waals surface area (Å²) in [5, 5.41) is 13.3. The van der Waals surface area contributed by atoms with Gasteiger partial charge in [-0.15, -0.1) is 0 Å². The highest BCUT2D eigenvalue weighted by Crippen LogP contribution is 2.43. The standard InChI is InChI=1S/C23H19BrN2O2/c1-15-21(19-9-5-6-10-20(19)25-15)22(16-11-13-18(24)14-12-16)23(26(27)28)17-7-3-2-4-8-17/h2-14,22-23,25H,1H3/t22-,23?/m0/s1. The molecule has 0 radical (unpaired) electrons. The fourth-order valence-electron chi connectivity index (χ4n) is 3.96. The Labute approximate surface area is 171 Å². The molecule has 28 heavy (non-hydrogen) atoms. The van der Waals surface area contributed by atoms with E-state index in [1.807, 2.05) is 85.8 Å². The second-order valence-electron chi connectivity index (χ2n) is 6.88. The molecule has 0 saturated carbocycles. The zero-order chi connectivity index (χ0) is 19.7. The zero-order valence-corrected chi connectivity index (χ0v) is 16.9. The van der Waals surface area contributed by atoms with Crippen molar-refractivity contribution in [2.75, 3.05) is 0 Å². The Morgan fingerprint density at radius 2 is 1.54 bits per heavy atom. The van der Waals surface area contributed by atoms with Crippen LogP contribution in [0.15, 0.2) is 83.3 Å². The Balaban J connectivity index is 2.00. The van der Waals surface area contributed by atoms with E-state index in [1.165, 1.54) is 0 Å². The van der Waals surface area contributed by atoms with Crippen molar-refractivity contribution in [3.8, 4) is 0 Å². The lowest BCUT2D eigenvalue weighted by molar-refractivity contribution is -0.531. The number of aromatic nitrogens is 1. The quantitative estimate of drug-likeness (QED) is 0.292. The molecule has 1 unspecified atom stereocenters. The highest BCUT2D eigenvalue weighted by Gasteiger charge is 2.38. The number of hydrogen-bond acceptors (Lipinski definition) is 2. The Kier molecular flexibility index (Phi) is 5.01. The zero-order valence-electron chi connectivity index (χ0n) is 15.3. The minimum absolute atomic E-state index is 0.163. The number of nitro groups is 1. The molecule has 4 aromatic rings. The summed E-state index contributed by atoms with van der Waals surface area (Å²) in [7, 11) is 0. The molecule has 1 N–H and O–H groups in total. The second-order valence-corrected chi connectivity index (χ2v) is 7.80. The van der Waals surface area contributed by atoms with Crippen LogP contribution in [-0.4, -0.2) is 9.91 Å². The smallest absolute Gasteiger partial charge is 0.248 e. The van der Waals surface area contributed by atoms with E-state index >= 15 is 0 Å². The van der Waals surface area contributed by atoms with Crippen molar-refractivity contribution in [1.82, 2.24) is 4.98 Å². The van der Waals surface area contributed by atoms with Gasteiger partial charge in [-0.1, -0.05) is 76.6 Å². The molecule has 3 aromatic carbocycles. The number of H-pyrrole nitrogens is 1. The SMILES string of the molecule is Cc1[nH]c2ccccc2c1[C@H](c1ccc(Br)cc1)C(c1ccccc1)[N+](=O)[O-]. The maximum Gasteiger partial charge on any atom is 0.248 e. The van der Waals surface area contributed by atoms with Crippen LogP contribution in [0.25, 0.3) is 10.9 Å². The van der Waals surface area contributed by atoms with Gasteiger partial charge in [0, 0.05) is 31.6 Å². The van der Waals surface area contributed by atoms with Gasteiger partial charge in [-0.25, -0.2) is 0 Å². The molecule has 0 spiro atoms. The topological polar surface area (TPSA) is 58.9 Å². The first-order valence-electron chi connectivity index (χ1n) is 9.07. The number of nitrogens with zero attached hydrogens (tertiary/aromatic N) is 1. The van der Waals surface area contributed by atoms with Crippen LogP contribution >= 0.6 is 15.9 Å². The maximum atomic E-state index is 12.3.